The van der Waals surface area contributed by atoms with Gasteiger partial charge in [-0.1, -0.05) is 6.92 Å². The summed E-state index contributed by atoms with van der Waals surface area (Å²) in [6.07, 6.45) is 0.886. The van der Waals surface area contributed by atoms with Gasteiger partial charge in [0.25, 0.3) is 0 Å². The zero-order chi connectivity index (χ0) is 12.1. The van der Waals surface area contributed by atoms with Gasteiger partial charge in [0.05, 0.1) is 15.6 Å². The van der Waals surface area contributed by atoms with Gasteiger partial charge >= 0.3 is 0 Å². The lowest BCUT2D eigenvalue weighted by Crippen LogP contribution is -2.31. The van der Waals surface area contributed by atoms with Crippen LogP contribution in [-0.4, -0.2) is 22.9 Å². The molecule has 1 rings (SSSR count). The molecule has 0 unspecified atom stereocenters. The molecule has 0 amide bonds. The Bertz CT molecular complexity index is 331. The number of hydrogen-bond acceptors (Lipinski definition) is 3. The Balaban J connectivity index is 2.68. The Hall–Kier alpha value is -0.100. The van der Waals surface area contributed by atoms with Crippen molar-refractivity contribution in [1.29, 1.82) is 0 Å². The van der Waals surface area contributed by atoms with E-state index in [0.29, 0.717) is 15.5 Å². The van der Waals surface area contributed by atoms with E-state index in [2.05, 4.69) is 37.2 Å². The third-order valence-corrected chi connectivity index (χ3v) is 3.59. The van der Waals surface area contributed by atoms with E-state index < -0.39 is 0 Å². The lowest BCUT2D eigenvalue weighted by atomic mass is 10.2. The highest BCUT2D eigenvalue weighted by molar-refractivity contribution is 9.11. The normalized spacial score (nSPS) is 12.8. The summed E-state index contributed by atoms with van der Waals surface area (Å²) in [6.45, 7) is 2.82. The fourth-order valence-corrected chi connectivity index (χ4v) is 2.60. The number of hydrogen-bond donors (Lipinski definition) is 3. The summed E-state index contributed by atoms with van der Waals surface area (Å²) in [4.78, 5) is 0. The van der Waals surface area contributed by atoms with Crippen molar-refractivity contribution < 1.29 is 10.2 Å². The Morgan fingerprint density at radius 2 is 1.88 bits per heavy atom. The van der Waals surface area contributed by atoms with Crippen LogP contribution in [0, 0.1) is 0 Å². The van der Waals surface area contributed by atoms with Crippen LogP contribution >= 0.6 is 31.9 Å². The van der Waals surface area contributed by atoms with Crippen LogP contribution < -0.4 is 5.32 Å². The fourth-order valence-electron chi connectivity index (χ4n) is 1.32. The minimum absolute atomic E-state index is 0.117. The average molecular weight is 353 g/mol. The third kappa shape index (κ3) is 3.73. The number of phenols is 1. The molecule has 0 spiro atoms. The first-order valence-electron chi connectivity index (χ1n) is 5.09. The molecule has 0 aliphatic heterocycles. The SMILES string of the molecule is CC[C@H](CO)NCc1cc(Br)c(O)c(Br)c1. The van der Waals surface area contributed by atoms with E-state index in [0.717, 1.165) is 12.0 Å². The minimum atomic E-state index is 0.117. The molecule has 16 heavy (non-hydrogen) atoms. The Morgan fingerprint density at radius 1 is 1.31 bits per heavy atom. The van der Waals surface area contributed by atoms with E-state index in [1.807, 2.05) is 19.1 Å². The molecule has 1 aromatic rings. The quantitative estimate of drug-likeness (QED) is 0.763. The summed E-state index contributed by atoms with van der Waals surface area (Å²) >= 11 is 6.56. The van der Waals surface area contributed by atoms with Gasteiger partial charge in [0.1, 0.15) is 5.75 Å². The lowest BCUT2D eigenvalue weighted by molar-refractivity contribution is 0.238. The minimum Gasteiger partial charge on any atom is -0.506 e. The number of halogens is 2. The monoisotopic (exact) mass is 351 g/mol. The molecule has 3 nitrogen and oxygen atoms in total. The highest BCUT2D eigenvalue weighted by Gasteiger charge is 2.07. The van der Waals surface area contributed by atoms with Gasteiger partial charge in [-0.3, -0.25) is 0 Å². The molecule has 1 aromatic carbocycles. The number of aromatic hydroxyl groups is 1. The van der Waals surface area contributed by atoms with Crippen molar-refractivity contribution in [3.8, 4) is 5.75 Å². The summed E-state index contributed by atoms with van der Waals surface area (Å²) in [5.41, 5.74) is 1.04. The lowest BCUT2D eigenvalue weighted by Gasteiger charge is -2.14. The largest absolute Gasteiger partial charge is 0.506 e. The second kappa shape index (κ2) is 6.59. The number of aliphatic hydroxyl groups is 1. The molecule has 5 heteroatoms. The van der Waals surface area contributed by atoms with E-state index in [-0.39, 0.29) is 18.4 Å². The Kier molecular flexibility index (Phi) is 5.75. The van der Waals surface area contributed by atoms with Crippen LogP contribution in [0.15, 0.2) is 21.1 Å². The van der Waals surface area contributed by atoms with Gasteiger partial charge in [-0.25, -0.2) is 0 Å². The standard InChI is InChI=1S/C11H15Br2NO2/c1-2-8(6-15)14-5-7-3-9(12)11(16)10(13)4-7/h3-4,8,14-16H,2,5-6H2,1H3/t8-/m1/s1. The van der Waals surface area contributed by atoms with Crippen molar-refractivity contribution in [2.24, 2.45) is 0 Å². The predicted octanol–water partition coefficient (Wildman–Crippen LogP) is 2.78. The number of nitrogens with one attached hydrogen (secondary N) is 1. The highest BCUT2D eigenvalue weighted by atomic mass is 79.9. The van der Waals surface area contributed by atoms with Gasteiger partial charge in [-0.15, -0.1) is 0 Å². The van der Waals surface area contributed by atoms with E-state index >= 15 is 0 Å². The first kappa shape index (κ1) is 14.0. The first-order valence-corrected chi connectivity index (χ1v) is 6.68. The number of rotatable bonds is 5. The number of benzene rings is 1. The third-order valence-electron chi connectivity index (χ3n) is 2.38. The summed E-state index contributed by atoms with van der Waals surface area (Å²) in [5.74, 6) is 0.206. The molecule has 0 aliphatic rings. The van der Waals surface area contributed by atoms with Crippen LogP contribution in [-0.2, 0) is 6.54 Å². The maximum Gasteiger partial charge on any atom is 0.143 e. The van der Waals surface area contributed by atoms with E-state index in [9.17, 15) is 5.11 Å². The maximum absolute atomic E-state index is 9.55. The van der Waals surface area contributed by atoms with Crippen molar-refractivity contribution in [3.63, 3.8) is 0 Å². The van der Waals surface area contributed by atoms with E-state index in [1.54, 1.807) is 0 Å². The van der Waals surface area contributed by atoms with Crippen LogP contribution in [0.25, 0.3) is 0 Å². The van der Waals surface area contributed by atoms with Crippen LogP contribution in [0.4, 0.5) is 0 Å². The van der Waals surface area contributed by atoms with Crippen LogP contribution in [0.5, 0.6) is 5.75 Å². The summed E-state index contributed by atoms with van der Waals surface area (Å²) in [6, 6.07) is 3.83. The van der Waals surface area contributed by atoms with E-state index in [1.165, 1.54) is 0 Å². The van der Waals surface area contributed by atoms with Gasteiger partial charge < -0.3 is 15.5 Å². The molecule has 3 N–H and O–H groups in total. The van der Waals surface area contributed by atoms with Crippen molar-refractivity contribution in [3.05, 3.63) is 26.6 Å². The zero-order valence-electron chi connectivity index (χ0n) is 9.00. The van der Waals surface area contributed by atoms with E-state index in [4.69, 9.17) is 5.11 Å². The summed E-state index contributed by atoms with van der Waals surface area (Å²) in [5, 5.41) is 21.8. The van der Waals surface area contributed by atoms with Crippen molar-refractivity contribution in [1.82, 2.24) is 5.32 Å². The highest BCUT2D eigenvalue weighted by Crippen LogP contribution is 2.33. The first-order chi connectivity index (χ1) is 7.58. The van der Waals surface area contributed by atoms with Gasteiger partial charge in [0, 0.05) is 12.6 Å². The molecule has 0 fully saturated rings. The molecular formula is C11H15Br2NO2. The smallest absolute Gasteiger partial charge is 0.143 e. The topological polar surface area (TPSA) is 52.5 Å². The molecule has 0 saturated carbocycles. The molecule has 0 saturated heterocycles. The summed E-state index contributed by atoms with van der Waals surface area (Å²) in [7, 11) is 0. The maximum atomic E-state index is 9.55. The van der Waals surface area contributed by atoms with Gasteiger partial charge in [-0.05, 0) is 56.0 Å². The fraction of sp³-hybridized carbons (Fsp3) is 0.455. The van der Waals surface area contributed by atoms with Gasteiger partial charge in [-0.2, -0.15) is 0 Å². The predicted molar refractivity (Wildman–Crippen MR) is 71.5 cm³/mol. The second-order valence-corrected chi connectivity index (χ2v) is 5.29. The molecule has 0 aromatic heterocycles. The van der Waals surface area contributed by atoms with Crippen LogP contribution in [0.2, 0.25) is 0 Å². The zero-order valence-corrected chi connectivity index (χ0v) is 12.2. The van der Waals surface area contributed by atoms with Gasteiger partial charge in [0.15, 0.2) is 0 Å². The molecule has 90 valence electrons. The molecule has 1 atom stereocenters. The average Bonchev–Trinajstić information content (AvgIpc) is 2.27. The van der Waals surface area contributed by atoms with Crippen molar-refractivity contribution in [2.75, 3.05) is 6.61 Å². The number of aliphatic hydroxyl groups excluding tert-OH is 1. The molecule has 0 radical (unpaired) electrons. The summed E-state index contributed by atoms with van der Waals surface area (Å²) < 4.78 is 1.33. The molecule has 0 heterocycles. The molecular weight excluding hydrogens is 338 g/mol. The van der Waals surface area contributed by atoms with Crippen molar-refractivity contribution >= 4 is 31.9 Å². The van der Waals surface area contributed by atoms with Crippen LogP contribution in [0.3, 0.4) is 0 Å². The number of phenolic OH excluding ortho intramolecular Hbond substituents is 1. The Labute approximate surface area is 112 Å². The second-order valence-electron chi connectivity index (χ2n) is 3.58. The van der Waals surface area contributed by atoms with Crippen molar-refractivity contribution in [2.45, 2.75) is 25.9 Å². The van der Waals surface area contributed by atoms with Crippen LogP contribution in [0.1, 0.15) is 18.9 Å². The molecule has 0 aliphatic carbocycles. The van der Waals surface area contributed by atoms with Gasteiger partial charge in [0.2, 0.25) is 0 Å². The molecule has 0 bridgehead atoms. The Morgan fingerprint density at radius 3 is 2.31 bits per heavy atom.